The van der Waals surface area contributed by atoms with Crippen LogP contribution >= 0.6 is 0 Å². The molecule has 1 N–H and O–H groups in total. The number of aliphatic hydroxyl groups is 1. The van der Waals surface area contributed by atoms with Crippen LogP contribution in [0.5, 0.6) is 0 Å². The Morgan fingerprint density at radius 1 is 1.38 bits per heavy atom. The Labute approximate surface area is 76.3 Å². The minimum Gasteiger partial charge on any atom is -0.393 e. The van der Waals surface area contributed by atoms with E-state index in [-0.39, 0.29) is 12.3 Å². The SMILES string of the molecule is C/C(=C\CC(O)C(C)C)C(F)(F)F. The summed E-state index contributed by atoms with van der Waals surface area (Å²) in [5.74, 6) is -0.0164. The normalized spacial score (nSPS) is 16.5. The minimum absolute atomic E-state index is 0.0164. The first-order valence-electron chi connectivity index (χ1n) is 4.17. The van der Waals surface area contributed by atoms with Gasteiger partial charge in [-0.1, -0.05) is 19.9 Å². The lowest BCUT2D eigenvalue weighted by atomic mass is 10.0. The quantitative estimate of drug-likeness (QED) is 0.688. The molecule has 0 bridgehead atoms. The molecule has 0 spiro atoms. The van der Waals surface area contributed by atoms with Crippen LogP contribution in [0.4, 0.5) is 13.2 Å². The molecule has 0 heterocycles. The zero-order valence-electron chi connectivity index (χ0n) is 8.02. The van der Waals surface area contributed by atoms with E-state index in [1.54, 1.807) is 13.8 Å². The smallest absolute Gasteiger partial charge is 0.393 e. The molecule has 0 aliphatic carbocycles. The van der Waals surface area contributed by atoms with Gasteiger partial charge in [-0.3, -0.25) is 0 Å². The maximum atomic E-state index is 12.0. The highest BCUT2D eigenvalue weighted by molar-refractivity contribution is 5.05. The molecule has 0 aromatic rings. The Hall–Kier alpha value is -0.510. The number of aliphatic hydroxyl groups excluding tert-OH is 1. The van der Waals surface area contributed by atoms with Crippen LogP contribution < -0.4 is 0 Å². The largest absolute Gasteiger partial charge is 0.412 e. The molecular formula is C9H15F3O. The summed E-state index contributed by atoms with van der Waals surface area (Å²) in [6.07, 6.45) is -3.87. The molecule has 1 nitrogen and oxygen atoms in total. The third-order valence-electron chi connectivity index (χ3n) is 1.88. The summed E-state index contributed by atoms with van der Waals surface area (Å²) in [5.41, 5.74) is -0.646. The Bertz CT molecular complexity index is 182. The van der Waals surface area contributed by atoms with Crippen molar-refractivity contribution in [1.82, 2.24) is 0 Å². The topological polar surface area (TPSA) is 20.2 Å². The summed E-state index contributed by atoms with van der Waals surface area (Å²) in [4.78, 5) is 0. The molecular weight excluding hydrogens is 181 g/mol. The summed E-state index contributed by atoms with van der Waals surface area (Å²) in [7, 11) is 0. The van der Waals surface area contributed by atoms with Crippen molar-refractivity contribution in [2.24, 2.45) is 5.92 Å². The molecule has 0 aromatic carbocycles. The lowest BCUT2D eigenvalue weighted by Gasteiger charge is -2.13. The number of halogens is 3. The lowest BCUT2D eigenvalue weighted by Crippen LogP contribution is -2.15. The second kappa shape index (κ2) is 4.65. The van der Waals surface area contributed by atoms with Gasteiger partial charge in [0.05, 0.1) is 6.10 Å². The first-order valence-corrected chi connectivity index (χ1v) is 4.17. The van der Waals surface area contributed by atoms with Crippen LogP contribution in [0.3, 0.4) is 0 Å². The molecule has 0 saturated heterocycles. The highest BCUT2D eigenvalue weighted by Gasteiger charge is 2.29. The molecule has 0 fully saturated rings. The van der Waals surface area contributed by atoms with E-state index in [1.807, 2.05) is 0 Å². The number of hydrogen-bond acceptors (Lipinski definition) is 1. The van der Waals surface area contributed by atoms with Crippen LogP contribution in [-0.2, 0) is 0 Å². The van der Waals surface area contributed by atoms with E-state index in [9.17, 15) is 18.3 Å². The van der Waals surface area contributed by atoms with Gasteiger partial charge in [0.2, 0.25) is 0 Å². The predicted octanol–water partition coefficient (Wildman–Crippen LogP) is 2.90. The van der Waals surface area contributed by atoms with E-state index >= 15 is 0 Å². The fourth-order valence-electron chi connectivity index (χ4n) is 0.685. The van der Waals surface area contributed by atoms with E-state index in [0.29, 0.717) is 0 Å². The van der Waals surface area contributed by atoms with Gasteiger partial charge < -0.3 is 5.11 Å². The number of rotatable bonds is 3. The van der Waals surface area contributed by atoms with Crippen molar-refractivity contribution in [3.05, 3.63) is 11.6 Å². The minimum atomic E-state index is -4.27. The second-order valence-corrected chi connectivity index (χ2v) is 3.43. The average molecular weight is 196 g/mol. The van der Waals surface area contributed by atoms with Crippen molar-refractivity contribution in [2.45, 2.75) is 39.5 Å². The van der Waals surface area contributed by atoms with Crippen LogP contribution in [0.1, 0.15) is 27.2 Å². The Morgan fingerprint density at radius 3 is 2.15 bits per heavy atom. The number of allylic oxidation sites excluding steroid dienone is 1. The van der Waals surface area contributed by atoms with Crippen molar-refractivity contribution in [1.29, 1.82) is 0 Å². The third-order valence-corrected chi connectivity index (χ3v) is 1.88. The summed E-state index contributed by atoms with van der Waals surface area (Å²) < 4.78 is 35.9. The summed E-state index contributed by atoms with van der Waals surface area (Å²) >= 11 is 0. The highest BCUT2D eigenvalue weighted by Crippen LogP contribution is 2.25. The molecule has 4 heteroatoms. The van der Waals surface area contributed by atoms with Gasteiger partial charge in [-0.25, -0.2) is 0 Å². The van der Waals surface area contributed by atoms with E-state index in [1.165, 1.54) is 0 Å². The summed E-state index contributed by atoms with van der Waals surface area (Å²) in [6, 6.07) is 0. The van der Waals surface area contributed by atoms with E-state index in [0.717, 1.165) is 13.0 Å². The van der Waals surface area contributed by atoms with Gasteiger partial charge in [-0.2, -0.15) is 13.2 Å². The second-order valence-electron chi connectivity index (χ2n) is 3.43. The first kappa shape index (κ1) is 12.5. The number of alkyl halides is 3. The van der Waals surface area contributed by atoms with E-state index in [4.69, 9.17) is 0 Å². The van der Waals surface area contributed by atoms with Gasteiger partial charge in [0.1, 0.15) is 0 Å². The monoisotopic (exact) mass is 196 g/mol. The maximum absolute atomic E-state index is 12.0. The third kappa shape index (κ3) is 4.93. The zero-order valence-corrected chi connectivity index (χ0v) is 8.02. The van der Waals surface area contributed by atoms with Crippen molar-refractivity contribution in [3.8, 4) is 0 Å². The summed E-state index contributed by atoms with van der Waals surface area (Å²) in [6.45, 7) is 4.54. The Morgan fingerprint density at radius 2 is 1.85 bits per heavy atom. The molecule has 13 heavy (non-hydrogen) atoms. The van der Waals surface area contributed by atoms with Gasteiger partial charge >= 0.3 is 6.18 Å². The summed E-state index contributed by atoms with van der Waals surface area (Å²) in [5, 5.41) is 9.23. The van der Waals surface area contributed by atoms with Crippen LogP contribution in [0, 0.1) is 5.92 Å². The fraction of sp³-hybridized carbons (Fsp3) is 0.778. The molecule has 0 aliphatic rings. The van der Waals surface area contributed by atoms with Crippen LogP contribution in [0.25, 0.3) is 0 Å². The number of hydrogen-bond donors (Lipinski definition) is 1. The zero-order chi connectivity index (χ0) is 10.6. The Kier molecular flexibility index (Phi) is 4.47. The van der Waals surface area contributed by atoms with Crippen LogP contribution in [0.15, 0.2) is 11.6 Å². The van der Waals surface area contributed by atoms with Gasteiger partial charge in [0.25, 0.3) is 0 Å². The predicted molar refractivity (Wildman–Crippen MR) is 45.3 cm³/mol. The molecule has 0 aromatic heterocycles. The molecule has 78 valence electrons. The van der Waals surface area contributed by atoms with Gasteiger partial charge in [0.15, 0.2) is 0 Å². The average Bonchev–Trinajstić information content (AvgIpc) is 1.97. The fourth-order valence-corrected chi connectivity index (χ4v) is 0.685. The molecule has 0 radical (unpaired) electrons. The molecule has 0 rings (SSSR count). The van der Waals surface area contributed by atoms with Gasteiger partial charge in [-0.05, 0) is 19.3 Å². The van der Waals surface area contributed by atoms with Crippen molar-refractivity contribution < 1.29 is 18.3 Å². The Balaban J connectivity index is 4.12. The van der Waals surface area contributed by atoms with Crippen molar-refractivity contribution in [3.63, 3.8) is 0 Å². The maximum Gasteiger partial charge on any atom is 0.412 e. The molecule has 0 amide bonds. The first-order chi connectivity index (χ1) is 5.75. The van der Waals surface area contributed by atoms with E-state index in [2.05, 4.69) is 0 Å². The van der Waals surface area contributed by atoms with Gasteiger partial charge in [0, 0.05) is 5.57 Å². The van der Waals surface area contributed by atoms with E-state index < -0.39 is 17.9 Å². The molecule has 0 aliphatic heterocycles. The van der Waals surface area contributed by atoms with Gasteiger partial charge in [-0.15, -0.1) is 0 Å². The van der Waals surface area contributed by atoms with Crippen LogP contribution in [0.2, 0.25) is 0 Å². The lowest BCUT2D eigenvalue weighted by molar-refractivity contribution is -0.0917. The molecule has 1 unspecified atom stereocenters. The highest BCUT2D eigenvalue weighted by atomic mass is 19.4. The van der Waals surface area contributed by atoms with Crippen LogP contribution in [-0.4, -0.2) is 17.4 Å². The molecule has 0 saturated carbocycles. The van der Waals surface area contributed by atoms with Crippen molar-refractivity contribution >= 4 is 0 Å². The van der Waals surface area contributed by atoms with Crippen molar-refractivity contribution in [2.75, 3.05) is 0 Å². The molecule has 1 atom stereocenters. The standard InChI is InChI=1S/C9H15F3O/c1-6(2)8(13)5-4-7(3)9(10,11)12/h4,6,8,13H,5H2,1-3H3/b7-4+.